The third kappa shape index (κ3) is 13.5. The van der Waals surface area contributed by atoms with E-state index in [1.165, 1.54) is 5.56 Å². The van der Waals surface area contributed by atoms with Gasteiger partial charge in [0.25, 0.3) is 0 Å². The van der Waals surface area contributed by atoms with Crippen LogP contribution < -0.4 is 20.7 Å². The molecule has 1 aliphatic heterocycles. The average Bonchev–Trinajstić information content (AvgIpc) is 3.02. The summed E-state index contributed by atoms with van der Waals surface area (Å²) in [6.07, 6.45) is 3.43. The van der Waals surface area contributed by atoms with E-state index in [9.17, 15) is 14.0 Å². The highest BCUT2D eigenvalue weighted by Gasteiger charge is 2.27. The molecule has 0 aliphatic carbocycles. The molecular weight excluding hydrogens is 531 g/mol. The van der Waals surface area contributed by atoms with Crippen molar-refractivity contribution in [1.82, 2.24) is 20.9 Å². The Bertz CT molecular complexity index is 1080. The molecule has 3 N–H and O–H groups in total. The number of ether oxygens (including phenoxy) is 1. The smallest absolute Gasteiger partial charge is 0.240 e. The van der Waals surface area contributed by atoms with Crippen molar-refractivity contribution in [1.29, 1.82) is 0 Å². The van der Waals surface area contributed by atoms with Crippen molar-refractivity contribution < 1.29 is 18.7 Å². The molecular formula is C34H53FN4O3. The average molecular weight is 585 g/mol. The number of nitrogens with one attached hydrogen (secondary N) is 3. The predicted molar refractivity (Wildman–Crippen MR) is 171 cm³/mol. The van der Waals surface area contributed by atoms with Crippen LogP contribution in [0.25, 0.3) is 0 Å². The van der Waals surface area contributed by atoms with Gasteiger partial charge in [0.1, 0.15) is 12.4 Å². The minimum absolute atomic E-state index is 0.0461. The van der Waals surface area contributed by atoms with E-state index in [1.807, 2.05) is 50.4 Å². The van der Waals surface area contributed by atoms with Crippen LogP contribution in [-0.2, 0) is 16.0 Å². The summed E-state index contributed by atoms with van der Waals surface area (Å²) in [5.74, 6) is 1.06. The number of rotatable bonds is 3. The van der Waals surface area contributed by atoms with Gasteiger partial charge in [0.2, 0.25) is 11.8 Å². The predicted octanol–water partition coefficient (Wildman–Crippen LogP) is 5.44. The zero-order valence-corrected chi connectivity index (χ0v) is 26.8. The van der Waals surface area contributed by atoms with Crippen LogP contribution in [0.3, 0.4) is 0 Å². The van der Waals surface area contributed by atoms with Gasteiger partial charge < -0.3 is 25.6 Å². The largest absolute Gasteiger partial charge is 0.492 e. The normalized spacial score (nSPS) is 19.0. The summed E-state index contributed by atoms with van der Waals surface area (Å²) < 4.78 is 15.5. The van der Waals surface area contributed by atoms with E-state index < -0.39 is 0 Å². The van der Waals surface area contributed by atoms with Crippen molar-refractivity contribution in [2.75, 3.05) is 47.0 Å². The van der Waals surface area contributed by atoms with Crippen LogP contribution in [0.15, 0.2) is 65.9 Å². The molecule has 1 heterocycles. The fourth-order valence-electron chi connectivity index (χ4n) is 4.39. The second-order valence-electron chi connectivity index (χ2n) is 10.5. The minimum atomic E-state index is -0.288. The van der Waals surface area contributed by atoms with E-state index in [0.29, 0.717) is 33.4 Å². The molecule has 0 aromatic heterocycles. The van der Waals surface area contributed by atoms with Gasteiger partial charge in [-0.15, -0.1) is 0 Å². The topological polar surface area (TPSA) is 82.7 Å². The number of hydrogen-bond donors (Lipinski definition) is 3. The third-order valence-corrected chi connectivity index (χ3v) is 7.34. The first-order valence-corrected chi connectivity index (χ1v) is 15.0. The monoisotopic (exact) mass is 584 g/mol. The Labute approximate surface area is 253 Å². The van der Waals surface area contributed by atoms with E-state index in [0.717, 1.165) is 48.3 Å². The summed E-state index contributed by atoms with van der Waals surface area (Å²) in [7, 11) is 2.33. The van der Waals surface area contributed by atoms with Crippen LogP contribution in [0, 0.1) is 12.8 Å². The molecule has 234 valence electrons. The van der Waals surface area contributed by atoms with Crippen molar-refractivity contribution in [3.63, 3.8) is 0 Å². The van der Waals surface area contributed by atoms with Crippen molar-refractivity contribution in [3.8, 4) is 5.75 Å². The molecule has 2 aromatic rings. The highest BCUT2D eigenvalue weighted by molar-refractivity contribution is 5.82. The second-order valence-corrected chi connectivity index (χ2v) is 10.5. The van der Waals surface area contributed by atoms with Gasteiger partial charge in [-0.25, -0.2) is 0 Å². The Morgan fingerprint density at radius 3 is 2.31 bits per heavy atom. The number of para-hydroxylation sites is 1. The fourth-order valence-corrected chi connectivity index (χ4v) is 4.39. The van der Waals surface area contributed by atoms with Crippen molar-refractivity contribution in [2.45, 2.75) is 66.3 Å². The molecule has 0 bridgehead atoms. The van der Waals surface area contributed by atoms with Gasteiger partial charge in [0, 0.05) is 25.8 Å². The third-order valence-electron chi connectivity index (χ3n) is 7.34. The SMILES string of the molecule is CC/C(C)=C1/CN(C)C(=O)C(C(C)CC)NCCOc2ccccc2CCCNC(=O)CN1.CF.Cc1ccccc1. The summed E-state index contributed by atoms with van der Waals surface area (Å²) >= 11 is 0. The molecule has 0 saturated carbocycles. The molecule has 2 amide bonds. The number of allylic oxidation sites excluding steroid dienone is 1. The van der Waals surface area contributed by atoms with E-state index in [4.69, 9.17) is 4.74 Å². The standard InChI is InChI=1S/C26H42N4O3.C7H8.CH3F/c1-6-19(3)22-18-30(5)26(32)25(20(4)7-2)28-15-16-33-23-13-9-8-11-21(23)12-10-14-27-24(31)17-29-22;1-7-5-3-2-4-6-7;1-2/h8-9,11,13,20,25,28-29H,6-7,10,12,14-18H2,1-5H3,(H,27,31);2-6H,1H3;1H3/b22-19-;;. The van der Waals surface area contributed by atoms with Crippen molar-refractivity contribution in [3.05, 3.63) is 77.0 Å². The summed E-state index contributed by atoms with van der Waals surface area (Å²) in [5.41, 5.74) is 4.53. The van der Waals surface area contributed by atoms with E-state index in [-0.39, 0.29) is 30.3 Å². The molecule has 2 aromatic carbocycles. The lowest BCUT2D eigenvalue weighted by Gasteiger charge is -2.30. The number of aryl methyl sites for hydroxylation is 2. The molecule has 0 radical (unpaired) electrons. The van der Waals surface area contributed by atoms with Crippen LogP contribution >= 0.6 is 0 Å². The van der Waals surface area contributed by atoms with Crippen molar-refractivity contribution >= 4 is 11.8 Å². The fraction of sp³-hybridized carbons (Fsp3) is 0.529. The first kappa shape index (κ1) is 36.6. The number of likely N-dealkylation sites (N-methyl/N-ethyl adjacent to an activating group) is 1. The number of nitrogens with zero attached hydrogens (tertiary/aromatic N) is 1. The van der Waals surface area contributed by atoms with Crippen LogP contribution in [0.4, 0.5) is 4.39 Å². The lowest BCUT2D eigenvalue weighted by atomic mass is 9.97. The molecule has 0 fully saturated rings. The Balaban J connectivity index is 0.000000841. The molecule has 0 saturated heterocycles. The number of carbonyl (C=O) groups is 2. The quantitative estimate of drug-likeness (QED) is 0.447. The molecule has 0 spiro atoms. The number of carbonyl (C=O) groups excluding carboxylic acids is 2. The molecule has 2 atom stereocenters. The first-order valence-electron chi connectivity index (χ1n) is 15.0. The van der Waals surface area contributed by atoms with E-state index in [2.05, 4.69) is 61.8 Å². The van der Waals surface area contributed by atoms with Crippen LogP contribution in [0.5, 0.6) is 5.75 Å². The Morgan fingerprint density at radius 2 is 1.69 bits per heavy atom. The van der Waals surface area contributed by atoms with Crippen LogP contribution in [-0.4, -0.2) is 69.8 Å². The molecule has 7 nitrogen and oxygen atoms in total. The van der Waals surface area contributed by atoms with Gasteiger partial charge in [0.05, 0.1) is 26.3 Å². The van der Waals surface area contributed by atoms with E-state index in [1.54, 1.807) is 4.90 Å². The summed E-state index contributed by atoms with van der Waals surface area (Å²) in [4.78, 5) is 27.5. The zero-order chi connectivity index (χ0) is 31.3. The Kier molecular flexibility index (Phi) is 18.6. The number of hydrogen-bond acceptors (Lipinski definition) is 5. The van der Waals surface area contributed by atoms with Gasteiger partial charge in [-0.3, -0.25) is 14.0 Å². The maximum atomic E-state index is 13.4. The van der Waals surface area contributed by atoms with Gasteiger partial charge in [-0.05, 0) is 50.7 Å². The number of fused-ring (bicyclic) bond motifs is 1. The second kappa shape index (κ2) is 21.3. The molecule has 8 heteroatoms. The molecule has 42 heavy (non-hydrogen) atoms. The lowest BCUT2D eigenvalue weighted by molar-refractivity contribution is -0.133. The highest BCUT2D eigenvalue weighted by atomic mass is 19.1. The van der Waals surface area contributed by atoms with Crippen LogP contribution in [0.2, 0.25) is 0 Å². The summed E-state index contributed by atoms with van der Waals surface area (Å²) in [6.45, 7) is 12.7. The maximum Gasteiger partial charge on any atom is 0.240 e. The Hall–Kier alpha value is -3.39. The highest BCUT2D eigenvalue weighted by Crippen LogP contribution is 2.19. The van der Waals surface area contributed by atoms with Crippen molar-refractivity contribution in [2.24, 2.45) is 5.92 Å². The Morgan fingerprint density at radius 1 is 1.02 bits per heavy atom. The number of alkyl halides is 1. The van der Waals surface area contributed by atoms with Gasteiger partial charge in [0.15, 0.2) is 0 Å². The summed E-state index contributed by atoms with van der Waals surface area (Å²) in [5, 5.41) is 9.71. The zero-order valence-electron chi connectivity index (χ0n) is 26.8. The number of halogens is 1. The lowest BCUT2D eigenvalue weighted by Crippen LogP contribution is -2.50. The maximum absolute atomic E-state index is 13.4. The van der Waals surface area contributed by atoms with Gasteiger partial charge in [-0.1, -0.05) is 86.9 Å². The number of amides is 2. The molecule has 2 unspecified atom stereocenters. The summed E-state index contributed by atoms with van der Waals surface area (Å²) in [6, 6.07) is 18.0. The van der Waals surface area contributed by atoms with Crippen LogP contribution in [0.1, 0.15) is 58.1 Å². The molecule has 1 aliphatic rings. The molecule has 3 rings (SSSR count). The van der Waals surface area contributed by atoms with E-state index >= 15 is 0 Å². The number of benzene rings is 2. The van der Waals surface area contributed by atoms with Gasteiger partial charge in [-0.2, -0.15) is 0 Å². The van der Waals surface area contributed by atoms with Gasteiger partial charge >= 0.3 is 0 Å². The first-order chi connectivity index (χ1) is 20.3. The minimum Gasteiger partial charge on any atom is -0.492 e.